The second-order valence-corrected chi connectivity index (χ2v) is 4.62. The van der Waals surface area contributed by atoms with Gasteiger partial charge < -0.3 is 15.2 Å². The van der Waals surface area contributed by atoms with E-state index in [1.54, 1.807) is 24.3 Å². The number of carbonyl (C=O) groups excluding carboxylic acids is 2. The van der Waals surface area contributed by atoms with E-state index in [2.05, 4.69) is 18.4 Å². The number of anilines is 1. The molecule has 0 fully saturated rings. The number of ether oxygens (including phenoxy) is 2. The summed E-state index contributed by atoms with van der Waals surface area (Å²) in [6.45, 7) is 3.58. The fraction of sp³-hybridized carbons (Fsp3) is 0.294. The number of nitrogen functional groups attached to an aromatic ring is 1. The molecule has 5 nitrogen and oxygen atoms in total. The molecule has 0 unspecified atom stereocenters. The summed E-state index contributed by atoms with van der Waals surface area (Å²) in [5.74, 6) is 4.28. The van der Waals surface area contributed by atoms with Crippen LogP contribution in [0.3, 0.4) is 0 Å². The number of nitrogens with two attached hydrogens (primary N) is 1. The molecule has 116 valence electrons. The zero-order valence-corrected chi connectivity index (χ0v) is 12.7. The molecule has 0 aromatic heterocycles. The summed E-state index contributed by atoms with van der Waals surface area (Å²) in [5.41, 5.74) is 5.44. The third kappa shape index (κ3) is 3.67. The van der Waals surface area contributed by atoms with Gasteiger partial charge in [0.2, 0.25) is 0 Å². The van der Waals surface area contributed by atoms with Gasteiger partial charge in [0.25, 0.3) is 0 Å². The molecule has 22 heavy (non-hydrogen) atoms. The van der Waals surface area contributed by atoms with E-state index in [1.165, 1.54) is 20.3 Å². The highest BCUT2D eigenvalue weighted by atomic mass is 16.5. The van der Waals surface area contributed by atoms with Crippen LogP contribution < -0.4 is 5.73 Å². The molecule has 0 bridgehead atoms. The maximum Gasteiger partial charge on any atom is 0.324 e. The summed E-state index contributed by atoms with van der Waals surface area (Å²) in [5, 5.41) is 0. The minimum Gasteiger partial charge on any atom is -0.468 e. The molecule has 1 aromatic carbocycles. The van der Waals surface area contributed by atoms with Crippen LogP contribution in [0.4, 0.5) is 5.69 Å². The highest BCUT2D eigenvalue weighted by molar-refractivity contribution is 6.00. The number of hydrogen-bond acceptors (Lipinski definition) is 5. The maximum atomic E-state index is 12.1. The van der Waals surface area contributed by atoms with Crippen LogP contribution >= 0.6 is 0 Å². The molecular formula is C17H19NO4. The van der Waals surface area contributed by atoms with Gasteiger partial charge in [-0.3, -0.25) is 9.59 Å². The Labute approximate surface area is 130 Å². The van der Waals surface area contributed by atoms with E-state index in [0.29, 0.717) is 11.3 Å². The number of para-hydroxylation sites is 1. The zero-order valence-electron chi connectivity index (χ0n) is 12.7. The first-order valence-corrected chi connectivity index (χ1v) is 6.63. The van der Waals surface area contributed by atoms with E-state index in [1.807, 2.05) is 0 Å². The Balaban J connectivity index is 3.14. The standard InChI is InChI=1S/C17H19NO4/c1-4-11-17(15(19)21-2,16(20)22-3)12-7-9-13-8-5-6-10-14(13)18/h4-6,8,10H,1,11-12,18H2,2-3H3. The van der Waals surface area contributed by atoms with Crippen molar-refractivity contribution in [2.24, 2.45) is 5.41 Å². The first-order chi connectivity index (χ1) is 10.5. The van der Waals surface area contributed by atoms with E-state index in [9.17, 15) is 9.59 Å². The summed E-state index contributed by atoms with van der Waals surface area (Å²) < 4.78 is 9.48. The number of methoxy groups -OCH3 is 2. The Morgan fingerprint density at radius 2 is 1.86 bits per heavy atom. The van der Waals surface area contributed by atoms with Crippen LogP contribution in [0, 0.1) is 17.3 Å². The monoisotopic (exact) mass is 301 g/mol. The molecule has 0 aliphatic heterocycles. The summed E-state index contributed by atoms with van der Waals surface area (Å²) in [6, 6.07) is 7.08. The molecule has 0 spiro atoms. The molecule has 1 rings (SSSR count). The van der Waals surface area contributed by atoms with Crippen LogP contribution in [0.5, 0.6) is 0 Å². The fourth-order valence-corrected chi connectivity index (χ4v) is 2.00. The quantitative estimate of drug-likeness (QED) is 0.295. The Morgan fingerprint density at radius 3 is 2.36 bits per heavy atom. The van der Waals surface area contributed by atoms with Crippen molar-refractivity contribution in [3.05, 3.63) is 42.5 Å². The van der Waals surface area contributed by atoms with Gasteiger partial charge in [-0.15, -0.1) is 6.58 Å². The Hall–Kier alpha value is -2.74. The third-order valence-electron chi connectivity index (χ3n) is 3.22. The second-order valence-electron chi connectivity index (χ2n) is 4.62. The number of rotatable bonds is 5. The van der Waals surface area contributed by atoms with Gasteiger partial charge in [-0.2, -0.15) is 0 Å². The van der Waals surface area contributed by atoms with E-state index < -0.39 is 17.4 Å². The molecule has 0 heterocycles. The second kappa shape index (κ2) is 7.89. The molecule has 0 atom stereocenters. The SMILES string of the molecule is C=CCC(CC#Cc1ccccc1N)(C(=O)OC)C(=O)OC. The van der Waals surface area contributed by atoms with Gasteiger partial charge in [0.15, 0.2) is 5.41 Å². The molecule has 0 saturated carbocycles. The van der Waals surface area contributed by atoms with Crippen molar-refractivity contribution in [2.75, 3.05) is 20.0 Å². The predicted octanol–water partition coefficient (Wildman–Crippen LogP) is 1.92. The molecule has 0 amide bonds. The van der Waals surface area contributed by atoms with Crippen LogP contribution in [-0.4, -0.2) is 26.2 Å². The van der Waals surface area contributed by atoms with Crippen molar-refractivity contribution in [3.63, 3.8) is 0 Å². The normalized spacial score (nSPS) is 10.1. The third-order valence-corrected chi connectivity index (χ3v) is 3.22. The topological polar surface area (TPSA) is 78.6 Å². The van der Waals surface area contributed by atoms with Crippen molar-refractivity contribution in [3.8, 4) is 11.8 Å². The van der Waals surface area contributed by atoms with Crippen molar-refractivity contribution in [1.29, 1.82) is 0 Å². The van der Waals surface area contributed by atoms with Crippen molar-refractivity contribution >= 4 is 17.6 Å². The largest absolute Gasteiger partial charge is 0.468 e. The molecule has 1 aromatic rings. The zero-order chi connectivity index (χ0) is 16.6. The Morgan fingerprint density at radius 1 is 1.27 bits per heavy atom. The van der Waals surface area contributed by atoms with Gasteiger partial charge >= 0.3 is 11.9 Å². The van der Waals surface area contributed by atoms with Gasteiger partial charge in [-0.1, -0.05) is 30.0 Å². The van der Waals surface area contributed by atoms with E-state index in [-0.39, 0.29) is 12.8 Å². The van der Waals surface area contributed by atoms with Crippen LogP contribution in [0.1, 0.15) is 18.4 Å². The number of esters is 2. The maximum absolute atomic E-state index is 12.1. The van der Waals surface area contributed by atoms with Crippen molar-refractivity contribution in [1.82, 2.24) is 0 Å². The molecule has 5 heteroatoms. The van der Waals surface area contributed by atoms with E-state index in [4.69, 9.17) is 15.2 Å². The average molecular weight is 301 g/mol. The Kier molecular flexibility index (Phi) is 6.21. The first-order valence-electron chi connectivity index (χ1n) is 6.63. The lowest BCUT2D eigenvalue weighted by atomic mass is 9.81. The minimum atomic E-state index is -1.51. The van der Waals surface area contributed by atoms with E-state index >= 15 is 0 Å². The van der Waals surface area contributed by atoms with Gasteiger partial charge in [0, 0.05) is 17.7 Å². The summed E-state index contributed by atoms with van der Waals surface area (Å²) >= 11 is 0. The van der Waals surface area contributed by atoms with Gasteiger partial charge in [-0.05, 0) is 18.6 Å². The number of benzene rings is 1. The minimum absolute atomic E-state index is 0.0489. The Bertz CT molecular complexity index is 609. The molecule has 0 radical (unpaired) electrons. The first kappa shape index (κ1) is 17.3. The van der Waals surface area contributed by atoms with Crippen molar-refractivity contribution < 1.29 is 19.1 Å². The number of carbonyl (C=O) groups is 2. The fourth-order valence-electron chi connectivity index (χ4n) is 2.00. The molecule has 0 aliphatic carbocycles. The molecule has 0 saturated heterocycles. The van der Waals surface area contributed by atoms with Crippen LogP contribution in [0.2, 0.25) is 0 Å². The number of allylic oxidation sites excluding steroid dienone is 1. The van der Waals surface area contributed by atoms with Gasteiger partial charge in [0.05, 0.1) is 14.2 Å². The summed E-state index contributed by atoms with van der Waals surface area (Å²) in [7, 11) is 2.43. The van der Waals surface area contributed by atoms with Gasteiger partial charge in [0.1, 0.15) is 0 Å². The lowest BCUT2D eigenvalue weighted by Gasteiger charge is -2.24. The van der Waals surface area contributed by atoms with Gasteiger partial charge in [-0.25, -0.2) is 0 Å². The molecular weight excluding hydrogens is 282 g/mol. The summed E-state index contributed by atoms with van der Waals surface area (Å²) in [6.07, 6.45) is 1.49. The summed E-state index contributed by atoms with van der Waals surface area (Å²) in [4.78, 5) is 24.1. The van der Waals surface area contributed by atoms with Crippen LogP contribution in [-0.2, 0) is 19.1 Å². The average Bonchev–Trinajstić information content (AvgIpc) is 2.54. The number of hydrogen-bond donors (Lipinski definition) is 1. The lowest BCUT2D eigenvalue weighted by Crippen LogP contribution is -2.40. The lowest BCUT2D eigenvalue weighted by molar-refractivity contribution is -0.168. The molecule has 2 N–H and O–H groups in total. The van der Waals surface area contributed by atoms with Crippen LogP contribution in [0.15, 0.2) is 36.9 Å². The van der Waals surface area contributed by atoms with E-state index in [0.717, 1.165) is 0 Å². The smallest absolute Gasteiger partial charge is 0.324 e. The molecule has 0 aliphatic rings. The predicted molar refractivity (Wildman–Crippen MR) is 83.6 cm³/mol. The van der Waals surface area contributed by atoms with Crippen LogP contribution in [0.25, 0.3) is 0 Å². The van der Waals surface area contributed by atoms with Crippen molar-refractivity contribution in [2.45, 2.75) is 12.8 Å². The highest BCUT2D eigenvalue weighted by Gasteiger charge is 2.46. The highest BCUT2D eigenvalue weighted by Crippen LogP contribution is 2.30.